The molecule has 3 rings (SSSR count). The number of aliphatic carboxylic acids is 1. The van der Waals surface area contributed by atoms with Crippen molar-refractivity contribution in [3.8, 4) is 0 Å². The lowest BCUT2D eigenvalue weighted by Crippen LogP contribution is -2.35. The van der Waals surface area contributed by atoms with Gasteiger partial charge in [-0.05, 0) is 37.8 Å². The van der Waals surface area contributed by atoms with Crippen molar-refractivity contribution in [2.45, 2.75) is 32.2 Å². The molecule has 1 fully saturated rings. The molecule has 1 N–H and O–H groups in total. The summed E-state index contributed by atoms with van der Waals surface area (Å²) in [6.45, 7) is 2.70. The molecule has 0 radical (unpaired) electrons. The van der Waals surface area contributed by atoms with Crippen LogP contribution in [0, 0.1) is 5.92 Å². The Labute approximate surface area is 144 Å². The summed E-state index contributed by atoms with van der Waals surface area (Å²) in [5.74, 6) is -0.260. The van der Waals surface area contributed by atoms with Crippen LogP contribution in [0.25, 0.3) is 5.65 Å². The summed E-state index contributed by atoms with van der Waals surface area (Å²) in [6.07, 6.45) is 6.96. The minimum Gasteiger partial charge on any atom is -0.481 e. The molecule has 0 aliphatic carbocycles. The lowest BCUT2D eigenvalue weighted by atomic mass is 9.93. The van der Waals surface area contributed by atoms with Gasteiger partial charge in [-0.2, -0.15) is 0 Å². The van der Waals surface area contributed by atoms with Crippen LogP contribution in [0.1, 0.15) is 31.4 Å². The van der Waals surface area contributed by atoms with E-state index >= 15 is 0 Å². The number of imidazole rings is 1. The van der Waals surface area contributed by atoms with Gasteiger partial charge in [-0.3, -0.25) is 9.69 Å². The van der Waals surface area contributed by atoms with E-state index in [9.17, 15) is 4.79 Å². The molecule has 0 spiro atoms. The monoisotopic (exact) mass is 355 g/mol. The standard InChI is InChI=1S/C16H19Cl2N3O2/c17-12-6-14(18)16-19-13(10-21(16)8-12)9-20-5-1-2-11(7-20)3-4-15(22)23/h6,8,10-11H,1-5,7,9H2,(H,22,23). The first-order valence-electron chi connectivity index (χ1n) is 7.78. The summed E-state index contributed by atoms with van der Waals surface area (Å²) in [6, 6.07) is 1.69. The lowest BCUT2D eigenvalue weighted by molar-refractivity contribution is -0.137. The van der Waals surface area contributed by atoms with E-state index in [1.54, 1.807) is 12.3 Å². The van der Waals surface area contributed by atoms with Gasteiger partial charge >= 0.3 is 5.97 Å². The minimum absolute atomic E-state index is 0.251. The average Bonchev–Trinajstić information content (AvgIpc) is 2.88. The smallest absolute Gasteiger partial charge is 0.303 e. The Balaban J connectivity index is 1.66. The molecule has 1 aliphatic rings. The Morgan fingerprint density at radius 1 is 1.39 bits per heavy atom. The first-order chi connectivity index (χ1) is 11.0. The number of halogens is 2. The third kappa shape index (κ3) is 4.16. The first-order valence-corrected chi connectivity index (χ1v) is 8.53. The quantitative estimate of drug-likeness (QED) is 0.887. The molecular formula is C16H19Cl2N3O2. The molecule has 0 aromatic carbocycles. The van der Waals surface area contributed by atoms with Crippen molar-refractivity contribution in [3.63, 3.8) is 0 Å². The van der Waals surface area contributed by atoms with E-state index in [1.807, 2.05) is 10.6 Å². The number of likely N-dealkylation sites (tertiary alicyclic amines) is 1. The van der Waals surface area contributed by atoms with Crippen LogP contribution in [-0.2, 0) is 11.3 Å². The maximum atomic E-state index is 10.7. The topological polar surface area (TPSA) is 57.8 Å². The third-order valence-electron chi connectivity index (χ3n) is 4.28. The van der Waals surface area contributed by atoms with Crippen molar-refractivity contribution in [1.29, 1.82) is 0 Å². The van der Waals surface area contributed by atoms with Crippen LogP contribution in [0.4, 0.5) is 0 Å². The highest BCUT2D eigenvalue weighted by molar-refractivity contribution is 6.36. The predicted octanol–water partition coefficient (Wildman–Crippen LogP) is 3.72. The first kappa shape index (κ1) is 16.6. The van der Waals surface area contributed by atoms with Gasteiger partial charge in [0.1, 0.15) is 0 Å². The molecule has 2 aromatic rings. The Morgan fingerprint density at radius 3 is 3.00 bits per heavy atom. The fourth-order valence-corrected chi connectivity index (χ4v) is 3.77. The SMILES string of the molecule is O=C(O)CCC1CCCN(Cc2cn3cc(Cl)cc(Cl)c3n2)C1. The number of aromatic nitrogens is 2. The number of rotatable bonds is 5. The predicted molar refractivity (Wildman–Crippen MR) is 90.1 cm³/mol. The molecule has 5 nitrogen and oxygen atoms in total. The molecule has 0 saturated carbocycles. The number of piperidine rings is 1. The van der Waals surface area contributed by atoms with Crippen LogP contribution < -0.4 is 0 Å². The molecule has 1 atom stereocenters. The van der Waals surface area contributed by atoms with Crippen molar-refractivity contribution >= 4 is 34.8 Å². The highest BCUT2D eigenvalue weighted by atomic mass is 35.5. The number of carboxylic acid groups (broad SMARTS) is 1. The van der Waals surface area contributed by atoms with Crippen LogP contribution in [0.3, 0.4) is 0 Å². The van der Waals surface area contributed by atoms with E-state index in [-0.39, 0.29) is 6.42 Å². The van der Waals surface area contributed by atoms with Gasteiger partial charge in [0.05, 0.1) is 15.7 Å². The molecule has 0 amide bonds. The highest BCUT2D eigenvalue weighted by Crippen LogP contribution is 2.24. The molecule has 0 bridgehead atoms. The van der Waals surface area contributed by atoms with Gasteiger partial charge in [0.25, 0.3) is 0 Å². The van der Waals surface area contributed by atoms with Gasteiger partial charge in [0.15, 0.2) is 5.65 Å². The number of carbonyl (C=O) groups is 1. The Morgan fingerprint density at radius 2 is 2.22 bits per heavy atom. The summed E-state index contributed by atoms with van der Waals surface area (Å²) in [7, 11) is 0. The normalized spacial score (nSPS) is 19.3. The molecule has 1 unspecified atom stereocenters. The van der Waals surface area contributed by atoms with Crippen LogP contribution in [-0.4, -0.2) is 38.4 Å². The van der Waals surface area contributed by atoms with Crippen LogP contribution in [0.15, 0.2) is 18.5 Å². The molecule has 1 aliphatic heterocycles. The van der Waals surface area contributed by atoms with E-state index < -0.39 is 5.97 Å². The summed E-state index contributed by atoms with van der Waals surface area (Å²) in [4.78, 5) is 17.6. The van der Waals surface area contributed by atoms with Gasteiger partial charge in [-0.15, -0.1) is 0 Å². The molecule has 23 heavy (non-hydrogen) atoms. The second-order valence-electron chi connectivity index (χ2n) is 6.15. The molecule has 1 saturated heterocycles. The number of carboxylic acids is 1. The van der Waals surface area contributed by atoms with E-state index in [1.165, 1.54) is 0 Å². The Bertz CT molecular complexity index is 717. The van der Waals surface area contributed by atoms with Crippen molar-refractivity contribution in [3.05, 3.63) is 34.2 Å². The summed E-state index contributed by atoms with van der Waals surface area (Å²) in [5.41, 5.74) is 1.67. The molecular weight excluding hydrogens is 337 g/mol. The molecule has 124 valence electrons. The molecule has 2 aromatic heterocycles. The van der Waals surface area contributed by atoms with Gasteiger partial charge < -0.3 is 9.51 Å². The fraction of sp³-hybridized carbons (Fsp3) is 0.500. The summed E-state index contributed by atoms with van der Waals surface area (Å²) < 4.78 is 1.85. The van der Waals surface area contributed by atoms with Crippen LogP contribution in [0.5, 0.6) is 0 Å². The van der Waals surface area contributed by atoms with Crippen molar-refractivity contribution < 1.29 is 9.90 Å². The molecule has 3 heterocycles. The van der Waals surface area contributed by atoms with Crippen molar-refractivity contribution in [2.75, 3.05) is 13.1 Å². The van der Waals surface area contributed by atoms with Crippen molar-refractivity contribution in [2.24, 2.45) is 5.92 Å². The zero-order valence-electron chi connectivity index (χ0n) is 12.7. The molecule has 7 heteroatoms. The maximum absolute atomic E-state index is 10.7. The van der Waals surface area contributed by atoms with Crippen molar-refractivity contribution in [1.82, 2.24) is 14.3 Å². The van der Waals surface area contributed by atoms with E-state index in [0.29, 0.717) is 21.6 Å². The second-order valence-corrected chi connectivity index (χ2v) is 6.99. The highest BCUT2D eigenvalue weighted by Gasteiger charge is 2.21. The number of hydrogen-bond acceptors (Lipinski definition) is 3. The second kappa shape index (κ2) is 7.07. The van der Waals surface area contributed by atoms with Gasteiger partial charge in [-0.1, -0.05) is 23.2 Å². The van der Waals surface area contributed by atoms with Crippen LogP contribution >= 0.6 is 23.2 Å². The zero-order chi connectivity index (χ0) is 16.4. The zero-order valence-corrected chi connectivity index (χ0v) is 14.2. The largest absolute Gasteiger partial charge is 0.481 e. The lowest BCUT2D eigenvalue weighted by Gasteiger charge is -2.32. The summed E-state index contributed by atoms with van der Waals surface area (Å²) >= 11 is 12.2. The summed E-state index contributed by atoms with van der Waals surface area (Å²) in [5, 5.41) is 9.95. The van der Waals surface area contributed by atoms with E-state index in [2.05, 4.69) is 9.88 Å². The third-order valence-corrected chi connectivity index (χ3v) is 4.76. The van der Waals surface area contributed by atoms with Gasteiger partial charge in [0, 0.05) is 31.9 Å². The Hall–Kier alpha value is -1.30. The van der Waals surface area contributed by atoms with Gasteiger partial charge in [0.2, 0.25) is 0 Å². The van der Waals surface area contributed by atoms with Gasteiger partial charge in [-0.25, -0.2) is 4.98 Å². The van der Waals surface area contributed by atoms with E-state index in [4.69, 9.17) is 28.3 Å². The number of pyridine rings is 1. The van der Waals surface area contributed by atoms with E-state index in [0.717, 1.165) is 44.6 Å². The Kier molecular flexibility index (Phi) is 5.09. The maximum Gasteiger partial charge on any atom is 0.303 e. The average molecular weight is 356 g/mol. The number of hydrogen-bond donors (Lipinski definition) is 1. The minimum atomic E-state index is -0.714. The van der Waals surface area contributed by atoms with Crippen LogP contribution in [0.2, 0.25) is 10.0 Å². The number of nitrogens with zero attached hydrogens (tertiary/aromatic N) is 3. The fourth-order valence-electron chi connectivity index (χ4n) is 3.24. The number of fused-ring (bicyclic) bond motifs is 1.